The number of rotatable bonds is 8. The minimum absolute atomic E-state index is 0.0678. The molecule has 0 aromatic heterocycles. The van der Waals surface area contributed by atoms with E-state index in [0.717, 1.165) is 38.0 Å². The van der Waals surface area contributed by atoms with E-state index in [-0.39, 0.29) is 6.03 Å². The molecule has 0 saturated heterocycles. The minimum Gasteiger partial charge on any atom is -0.497 e. The first-order valence-electron chi connectivity index (χ1n) is 8.32. The fourth-order valence-corrected chi connectivity index (χ4v) is 2.60. The van der Waals surface area contributed by atoms with Gasteiger partial charge in [-0.3, -0.25) is 0 Å². The van der Waals surface area contributed by atoms with Crippen LogP contribution in [0.3, 0.4) is 0 Å². The number of nitrogens with one attached hydrogen (secondary N) is 2. The number of unbranched alkanes of at least 4 members (excludes halogenated alkanes) is 1. The van der Waals surface area contributed by atoms with Crippen LogP contribution in [0.25, 0.3) is 10.8 Å². The molecule has 23 heavy (non-hydrogen) atoms. The van der Waals surface area contributed by atoms with Gasteiger partial charge in [0.15, 0.2) is 0 Å². The standard InChI is InChI=1S/C19H26N2O2/c1-3-12-20-19(22)21-13-5-4-7-15-8-6-9-16-10-11-17(23-2)14-18(15)16/h6,8-11,14H,3-5,7,12-13H2,1-2H3,(H2,20,21,22). The van der Waals surface area contributed by atoms with E-state index in [1.54, 1.807) is 7.11 Å². The Kier molecular flexibility index (Phi) is 6.73. The van der Waals surface area contributed by atoms with Gasteiger partial charge in [0.1, 0.15) is 5.75 Å². The van der Waals surface area contributed by atoms with Crippen LogP contribution in [0.1, 0.15) is 31.7 Å². The van der Waals surface area contributed by atoms with E-state index in [2.05, 4.69) is 41.0 Å². The van der Waals surface area contributed by atoms with Crippen LogP contribution in [0.4, 0.5) is 4.79 Å². The summed E-state index contributed by atoms with van der Waals surface area (Å²) in [7, 11) is 1.69. The van der Waals surface area contributed by atoms with Crippen molar-refractivity contribution in [3.63, 3.8) is 0 Å². The Bertz CT molecular complexity index is 640. The van der Waals surface area contributed by atoms with Crippen molar-refractivity contribution in [1.82, 2.24) is 10.6 Å². The van der Waals surface area contributed by atoms with Crippen molar-refractivity contribution in [3.8, 4) is 5.75 Å². The van der Waals surface area contributed by atoms with E-state index in [4.69, 9.17) is 4.74 Å². The second-order valence-corrected chi connectivity index (χ2v) is 5.64. The topological polar surface area (TPSA) is 50.4 Å². The molecule has 0 atom stereocenters. The van der Waals surface area contributed by atoms with Gasteiger partial charge >= 0.3 is 6.03 Å². The average Bonchev–Trinajstić information content (AvgIpc) is 2.59. The number of hydrogen-bond acceptors (Lipinski definition) is 2. The van der Waals surface area contributed by atoms with Crippen molar-refractivity contribution in [1.29, 1.82) is 0 Å². The molecule has 2 rings (SSSR count). The number of hydrogen-bond donors (Lipinski definition) is 2. The van der Waals surface area contributed by atoms with Gasteiger partial charge in [0.25, 0.3) is 0 Å². The number of amides is 2. The van der Waals surface area contributed by atoms with Crippen molar-refractivity contribution < 1.29 is 9.53 Å². The first-order valence-corrected chi connectivity index (χ1v) is 8.32. The smallest absolute Gasteiger partial charge is 0.314 e. The lowest BCUT2D eigenvalue weighted by Gasteiger charge is -2.09. The quantitative estimate of drug-likeness (QED) is 0.727. The van der Waals surface area contributed by atoms with Crippen LogP contribution < -0.4 is 15.4 Å². The molecule has 0 bridgehead atoms. The summed E-state index contributed by atoms with van der Waals surface area (Å²) < 4.78 is 5.32. The number of carbonyl (C=O) groups is 1. The summed E-state index contributed by atoms with van der Waals surface area (Å²) in [4.78, 5) is 11.4. The van der Waals surface area contributed by atoms with E-state index in [0.29, 0.717) is 6.54 Å². The van der Waals surface area contributed by atoms with Crippen LogP contribution in [-0.2, 0) is 6.42 Å². The highest BCUT2D eigenvalue weighted by Gasteiger charge is 2.03. The Labute approximate surface area is 138 Å². The molecule has 124 valence electrons. The molecule has 2 N–H and O–H groups in total. The van der Waals surface area contributed by atoms with Gasteiger partial charge in [-0.2, -0.15) is 0 Å². The fourth-order valence-electron chi connectivity index (χ4n) is 2.60. The average molecular weight is 314 g/mol. The Morgan fingerprint density at radius 1 is 1.09 bits per heavy atom. The van der Waals surface area contributed by atoms with Gasteiger partial charge in [0, 0.05) is 13.1 Å². The number of fused-ring (bicyclic) bond motifs is 1. The van der Waals surface area contributed by atoms with E-state index in [1.807, 2.05) is 13.0 Å². The van der Waals surface area contributed by atoms with Crippen LogP contribution in [0, 0.1) is 0 Å². The maximum Gasteiger partial charge on any atom is 0.314 e. The van der Waals surface area contributed by atoms with Gasteiger partial charge in [0.2, 0.25) is 0 Å². The van der Waals surface area contributed by atoms with E-state index >= 15 is 0 Å². The van der Waals surface area contributed by atoms with Gasteiger partial charge in [0.05, 0.1) is 7.11 Å². The summed E-state index contributed by atoms with van der Waals surface area (Å²) >= 11 is 0. The number of benzene rings is 2. The highest BCUT2D eigenvalue weighted by atomic mass is 16.5. The highest BCUT2D eigenvalue weighted by Crippen LogP contribution is 2.25. The summed E-state index contributed by atoms with van der Waals surface area (Å²) in [6.45, 7) is 3.48. The third-order valence-corrected chi connectivity index (χ3v) is 3.87. The summed E-state index contributed by atoms with van der Waals surface area (Å²) in [5.41, 5.74) is 1.33. The fraction of sp³-hybridized carbons (Fsp3) is 0.421. The first kappa shape index (κ1) is 17.1. The van der Waals surface area contributed by atoms with Gasteiger partial charge < -0.3 is 15.4 Å². The molecule has 2 amide bonds. The zero-order valence-corrected chi connectivity index (χ0v) is 14.0. The SMILES string of the molecule is CCCNC(=O)NCCCCc1cccc2ccc(OC)cc12. The lowest BCUT2D eigenvalue weighted by Crippen LogP contribution is -2.36. The molecule has 0 aliphatic carbocycles. The predicted molar refractivity (Wildman–Crippen MR) is 95.1 cm³/mol. The monoisotopic (exact) mass is 314 g/mol. The Balaban J connectivity index is 1.84. The molecule has 2 aromatic rings. The third kappa shape index (κ3) is 5.16. The van der Waals surface area contributed by atoms with Crippen LogP contribution in [0.5, 0.6) is 5.75 Å². The normalized spacial score (nSPS) is 10.5. The van der Waals surface area contributed by atoms with Crippen LogP contribution in [-0.4, -0.2) is 26.2 Å². The highest BCUT2D eigenvalue weighted by molar-refractivity contribution is 5.87. The lowest BCUT2D eigenvalue weighted by molar-refractivity contribution is 0.240. The molecule has 0 aliphatic heterocycles. The minimum atomic E-state index is -0.0678. The Morgan fingerprint density at radius 3 is 2.70 bits per heavy atom. The molecule has 4 nitrogen and oxygen atoms in total. The van der Waals surface area contributed by atoms with Gasteiger partial charge in [-0.1, -0.05) is 31.2 Å². The molecule has 4 heteroatoms. The molecule has 0 heterocycles. The lowest BCUT2D eigenvalue weighted by atomic mass is 10.00. The summed E-state index contributed by atoms with van der Waals surface area (Å²) in [6, 6.07) is 12.5. The summed E-state index contributed by atoms with van der Waals surface area (Å²) in [6.07, 6.45) is 3.98. The second-order valence-electron chi connectivity index (χ2n) is 5.64. The van der Waals surface area contributed by atoms with Crippen LogP contribution in [0.2, 0.25) is 0 Å². The summed E-state index contributed by atoms with van der Waals surface area (Å²) in [5.74, 6) is 0.888. The molecule has 2 aromatic carbocycles. The van der Waals surface area contributed by atoms with E-state index < -0.39 is 0 Å². The number of carbonyl (C=O) groups excluding carboxylic acids is 1. The predicted octanol–water partition coefficient (Wildman–Crippen LogP) is 3.88. The van der Waals surface area contributed by atoms with Gasteiger partial charge in [-0.25, -0.2) is 4.79 Å². The van der Waals surface area contributed by atoms with E-state index in [1.165, 1.54) is 16.3 Å². The molecular weight excluding hydrogens is 288 g/mol. The van der Waals surface area contributed by atoms with Crippen molar-refractivity contribution in [3.05, 3.63) is 42.0 Å². The summed E-state index contributed by atoms with van der Waals surface area (Å²) in [5, 5.41) is 8.19. The molecular formula is C19H26N2O2. The van der Waals surface area contributed by atoms with Crippen LogP contribution in [0.15, 0.2) is 36.4 Å². The Hall–Kier alpha value is -2.23. The van der Waals surface area contributed by atoms with Crippen molar-refractivity contribution in [2.45, 2.75) is 32.6 Å². The molecule has 0 spiro atoms. The maximum atomic E-state index is 11.4. The number of methoxy groups -OCH3 is 1. The van der Waals surface area contributed by atoms with E-state index in [9.17, 15) is 4.79 Å². The van der Waals surface area contributed by atoms with Gasteiger partial charge in [-0.15, -0.1) is 0 Å². The van der Waals surface area contributed by atoms with Crippen molar-refractivity contribution >= 4 is 16.8 Å². The number of ether oxygens (including phenoxy) is 1. The van der Waals surface area contributed by atoms with Crippen molar-refractivity contribution in [2.24, 2.45) is 0 Å². The third-order valence-electron chi connectivity index (χ3n) is 3.87. The Morgan fingerprint density at radius 2 is 1.91 bits per heavy atom. The first-order chi connectivity index (χ1) is 11.2. The zero-order chi connectivity index (χ0) is 16.5. The molecule has 0 aliphatic rings. The number of aryl methyl sites for hydroxylation is 1. The maximum absolute atomic E-state index is 11.4. The largest absolute Gasteiger partial charge is 0.497 e. The molecule has 0 unspecified atom stereocenters. The molecule has 0 radical (unpaired) electrons. The van der Waals surface area contributed by atoms with Crippen LogP contribution >= 0.6 is 0 Å². The zero-order valence-electron chi connectivity index (χ0n) is 14.0. The molecule has 0 saturated carbocycles. The van der Waals surface area contributed by atoms with Crippen molar-refractivity contribution in [2.75, 3.05) is 20.2 Å². The number of urea groups is 1. The van der Waals surface area contributed by atoms with Gasteiger partial charge in [-0.05, 0) is 54.2 Å². The molecule has 0 fully saturated rings. The second kappa shape index (κ2) is 9.03.